The molecule has 1 saturated heterocycles. The lowest BCUT2D eigenvalue weighted by molar-refractivity contribution is -0.134. The third-order valence-corrected chi connectivity index (χ3v) is 5.29. The number of hydrogen-bond acceptors (Lipinski definition) is 5. The summed E-state index contributed by atoms with van der Waals surface area (Å²) in [5.41, 5.74) is 7.01. The highest BCUT2D eigenvalue weighted by Crippen LogP contribution is 2.32. The molecule has 0 aliphatic carbocycles. The van der Waals surface area contributed by atoms with Crippen molar-refractivity contribution in [2.24, 2.45) is 11.7 Å². The second-order valence-corrected chi connectivity index (χ2v) is 7.32. The van der Waals surface area contributed by atoms with Gasteiger partial charge in [0.05, 0.1) is 11.7 Å². The number of anilines is 1. The van der Waals surface area contributed by atoms with Crippen molar-refractivity contribution in [1.82, 2.24) is 4.90 Å². The molecule has 2 aliphatic heterocycles. The van der Waals surface area contributed by atoms with Gasteiger partial charge in [0.1, 0.15) is 5.75 Å². The number of ether oxygens (including phenoxy) is 1. The van der Waals surface area contributed by atoms with Gasteiger partial charge in [-0.1, -0.05) is 13.3 Å². The Hall–Kier alpha value is -2.12. The summed E-state index contributed by atoms with van der Waals surface area (Å²) in [6.07, 6.45) is 2.26. The maximum Gasteiger partial charge on any atom is 0.265 e. The quantitative estimate of drug-likeness (QED) is 0.727. The highest BCUT2D eigenvalue weighted by Gasteiger charge is 2.31. The van der Waals surface area contributed by atoms with Crippen LogP contribution in [0.2, 0.25) is 0 Å². The molecule has 0 radical (unpaired) electrons. The van der Waals surface area contributed by atoms with Crippen molar-refractivity contribution >= 4 is 35.7 Å². The fraction of sp³-hybridized carbons (Fsp3) is 0.550. The topological polar surface area (TPSA) is 102 Å². The highest BCUT2D eigenvalue weighted by molar-refractivity contribution is 6.02. The SMILES string of the molecule is CCCC(N)C(=O)N1CCC(C(=O)c2ccc3c(c2)NC(=O)C(C)O3)CC1.Cl. The first kappa shape index (κ1) is 22.2. The van der Waals surface area contributed by atoms with Crippen LogP contribution in [-0.2, 0) is 9.59 Å². The number of amides is 2. The average Bonchev–Trinajstić information content (AvgIpc) is 2.67. The lowest BCUT2D eigenvalue weighted by Crippen LogP contribution is -2.47. The van der Waals surface area contributed by atoms with Crippen LogP contribution in [0.5, 0.6) is 5.75 Å². The van der Waals surface area contributed by atoms with Crippen LogP contribution in [0.1, 0.15) is 49.9 Å². The van der Waals surface area contributed by atoms with Crippen LogP contribution >= 0.6 is 12.4 Å². The molecule has 3 rings (SSSR count). The molecular weight excluding hydrogens is 382 g/mol. The number of benzene rings is 1. The van der Waals surface area contributed by atoms with Gasteiger partial charge in [-0.2, -0.15) is 0 Å². The molecule has 1 aromatic carbocycles. The number of nitrogens with one attached hydrogen (secondary N) is 1. The summed E-state index contributed by atoms with van der Waals surface area (Å²) in [5.74, 6) is 0.237. The number of carbonyl (C=O) groups excluding carboxylic acids is 3. The van der Waals surface area contributed by atoms with Gasteiger partial charge in [-0.05, 0) is 44.4 Å². The van der Waals surface area contributed by atoms with Gasteiger partial charge in [0.15, 0.2) is 11.9 Å². The fourth-order valence-corrected chi connectivity index (χ4v) is 3.63. The Kier molecular flexibility index (Phi) is 7.43. The maximum atomic E-state index is 12.9. The van der Waals surface area contributed by atoms with Crippen molar-refractivity contribution in [3.8, 4) is 5.75 Å². The van der Waals surface area contributed by atoms with Gasteiger partial charge in [0, 0.05) is 24.6 Å². The van der Waals surface area contributed by atoms with Crippen LogP contribution in [0.3, 0.4) is 0 Å². The van der Waals surface area contributed by atoms with Gasteiger partial charge >= 0.3 is 0 Å². The van der Waals surface area contributed by atoms with Crippen LogP contribution in [0.15, 0.2) is 18.2 Å². The molecule has 2 amide bonds. The number of nitrogens with two attached hydrogens (primary N) is 1. The third kappa shape index (κ3) is 4.64. The zero-order valence-corrected chi connectivity index (χ0v) is 17.1. The number of Topliss-reactive ketones (excluding diaryl/α,β-unsaturated/α-hetero) is 1. The van der Waals surface area contributed by atoms with E-state index in [1.165, 1.54) is 0 Å². The molecule has 2 aliphatic rings. The number of fused-ring (bicyclic) bond motifs is 1. The molecule has 2 heterocycles. The summed E-state index contributed by atoms with van der Waals surface area (Å²) in [6.45, 7) is 4.79. The van der Waals surface area contributed by atoms with E-state index >= 15 is 0 Å². The first-order valence-corrected chi connectivity index (χ1v) is 9.60. The molecule has 1 aromatic rings. The zero-order chi connectivity index (χ0) is 19.6. The molecule has 0 aromatic heterocycles. The van der Waals surface area contributed by atoms with Crippen molar-refractivity contribution in [2.45, 2.75) is 51.7 Å². The Morgan fingerprint density at radius 3 is 2.64 bits per heavy atom. The van der Waals surface area contributed by atoms with Gasteiger partial charge in [0.25, 0.3) is 5.91 Å². The van der Waals surface area contributed by atoms with E-state index < -0.39 is 12.1 Å². The van der Waals surface area contributed by atoms with E-state index in [0.29, 0.717) is 49.4 Å². The van der Waals surface area contributed by atoms with Crippen LogP contribution in [0.25, 0.3) is 0 Å². The van der Waals surface area contributed by atoms with Crippen molar-refractivity contribution in [3.63, 3.8) is 0 Å². The van der Waals surface area contributed by atoms with Crippen molar-refractivity contribution in [2.75, 3.05) is 18.4 Å². The number of piperidine rings is 1. The average molecular weight is 410 g/mol. The Labute approximate surface area is 171 Å². The number of rotatable bonds is 5. The van der Waals surface area contributed by atoms with Crippen LogP contribution < -0.4 is 15.8 Å². The van der Waals surface area contributed by atoms with Crippen molar-refractivity contribution < 1.29 is 19.1 Å². The van der Waals surface area contributed by atoms with E-state index in [9.17, 15) is 14.4 Å². The number of halogens is 1. The van der Waals surface area contributed by atoms with E-state index in [0.717, 1.165) is 6.42 Å². The number of ketones is 1. The zero-order valence-electron chi connectivity index (χ0n) is 16.3. The summed E-state index contributed by atoms with van der Waals surface area (Å²) in [4.78, 5) is 38.7. The van der Waals surface area contributed by atoms with E-state index in [1.807, 2.05) is 6.92 Å². The molecule has 28 heavy (non-hydrogen) atoms. The second kappa shape index (κ2) is 9.39. The molecule has 7 nitrogen and oxygen atoms in total. The first-order chi connectivity index (χ1) is 12.9. The van der Waals surface area contributed by atoms with Gasteiger partial charge in [-0.3, -0.25) is 14.4 Å². The smallest absolute Gasteiger partial charge is 0.265 e. The normalized spacial score (nSPS) is 20.3. The lowest BCUT2D eigenvalue weighted by Gasteiger charge is -2.33. The van der Waals surface area contributed by atoms with E-state index in [2.05, 4.69) is 5.32 Å². The van der Waals surface area contributed by atoms with Gasteiger partial charge < -0.3 is 20.7 Å². The van der Waals surface area contributed by atoms with E-state index in [-0.39, 0.29) is 35.9 Å². The molecule has 2 atom stereocenters. The molecule has 2 unspecified atom stereocenters. The van der Waals surface area contributed by atoms with Crippen molar-refractivity contribution in [3.05, 3.63) is 23.8 Å². The Morgan fingerprint density at radius 1 is 1.32 bits per heavy atom. The number of likely N-dealkylation sites (tertiary alicyclic amines) is 1. The standard InChI is InChI=1S/C20H27N3O4.ClH/c1-3-4-15(21)20(26)23-9-7-13(8-10-23)18(24)14-5-6-17-16(11-14)22-19(25)12(2)27-17;/h5-6,11-13,15H,3-4,7-10,21H2,1-2H3,(H,22,25);1H. The molecule has 3 N–H and O–H groups in total. The van der Waals surface area contributed by atoms with Crippen LogP contribution in [-0.4, -0.2) is 47.7 Å². The summed E-state index contributed by atoms with van der Waals surface area (Å²) >= 11 is 0. The summed E-state index contributed by atoms with van der Waals surface area (Å²) in [7, 11) is 0. The van der Waals surface area contributed by atoms with Crippen LogP contribution in [0, 0.1) is 5.92 Å². The molecular formula is C20H28ClN3O4. The summed E-state index contributed by atoms with van der Waals surface area (Å²) < 4.78 is 5.53. The fourth-order valence-electron chi connectivity index (χ4n) is 3.63. The lowest BCUT2D eigenvalue weighted by atomic mass is 9.88. The summed E-state index contributed by atoms with van der Waals surface area (Å²) in [5, 5.41) is 2.77. The Bertz CT molecular complexity index is 747. The van der Waals surface area contributed by atoms with Gasteiger partial charge in [0.2, 0.25) is 5.91 Å². The predicted octanol–water partition coefficient (Wildman–Crippen LogP) is 2.38. The molecule has 8 heteroatoms. The Balaban J connectivity index is 0.00000280. The number of carbonyl (C=O) groups is 3. The van der Waals surface area contributed by atoms with E-state index in [4.69, 9.17) is 10.5 Å². The number of hydrogen-bond donors (Lipinski definition) is 2. The monoisotopic (exact) mass is 409 g/mol. The predicted molar refractivity (Wildman–Crippen MR) is 109 cm³/mol. The first-order valence-electron chi connectivity index (χ1n) is 9.60. The molecule has 0 spiro atoms. The summed E-state index contributed by atoms with van der Waals surface area (Å²) in [6, 6.07) is 4.69. The number of nitrogens with zero attached hydrogens (tertiary/aromatic N) is 1. The largest absolute Gasteiger partial charge is 0.479 e. The maximum absolute atomic E-state index is 12.9. The minimum atomic E-state index is -0.542. The molecule has 0 bridgehead atoms. The third-order valence-electron chi connectivity index (χ3n) is 5.29. The highest BCUT2D eigenvalue weighted by atomic mass is 35.5. The Morgan fingerprint density at radius 2 is 2.00 bits per heavy atom. The minimum Gasteiger partial charge on any atom is -0.479 e. The molecule has 1 fully saturated rings. The van der Waals surface area contributed by atoms with Crippen molar-refractivity contribution in [1.29, 1.82) is 0 Å². The second-order valence-electron chi connectivity index (χ2n) is 7.32. The van der Waals surface area contributed by atoms with Gasteiger partial charge in [-0.15, -0.1) is 12.4 Å². The van der Waals surface area contributed by atoms with Crippen LogP contribution in [0.4, 0.5) is 5.69 Å². The van der Waals surface area contributed by atoms with E-state index in [1.54, 1.807) is 30.0 Å². The minimum absolute atomic E-state index is 0. The van der Waals surface area contributed by atoms with Gasteiger partial charge in [-0.25, -0.2) is 0 Å². The molecule has 0 saturated carbocycles. The molecule has 154 valence electrons.